The van der Waals surface area contributed by atoms with Crippen molar-refractivity contribution in [1.82, 2.24) is 5.32 Å². The maximum absolute atomic E-state index is 11.3. The van der Waals surface area contributed by atoms with Crippen molar-refractivity contribution in [3.8, 4) is 0 Å². The van der Waals surface area contributed by atoms with Crippen LogP contribution in [-0.2, 0) is 4.79 Å². The molecule has 0 bridgehead atoms. The Hall–Kier alpha value is 0.660. The van der Waals surface area contributed by atoms with Crippen LogP contribution < -0.4 is 5.32 Å². The van der Waals surface area contributed by atoms with E-state index in [2.05, 4.69) is 5.32 Å². The maximum Gasteiger partial charge on any atom is 0.256 e. The summed E-state index contributed by atoms with van der Waals surface area (Å²) in [5.74, 6) is -0.531. The molecule has 0 spiro atoms. The molecule has 14 heavy (non-hydrogen) atoms. The van der Waals surface area contributed by atoms with Gasteiger partial charge in [-0.15, -0.1) is 0 Å². The number of alkyl halides is 2. The first-order valence-electron chi connectivity index (χ1n) is 3.67. The summed E-state index contributed by atoms with van der Waals surface area (Å²) >= 11 is 27.6. The molecule has 82 valence electrons. The van der Waals surface area contributed by atoms with E-state index in [-0.39, 0.29) is 22.5 Å². The van der Waals surface area contributed by atoms with Crippen LogP contribution in [0.5, 0.6) is 0 Å². The zero-order valence-corrected chi connectivity index (χ0v) is 11.0. The molecule has 0 unspecified atom stereocenters. The maximum atomic E-state index is 11.3. The summed E-state index contributed by atoms with van der Waals surface area (Å²) in [6.45, 7) is 1.69. The molecule has 0 aromatic carbocycles. The standard InChI is InChI=1S/C7H8Cl5NO/c1-2-7(11,12)6(14)13-3-4(8)5(9)10/h2-3H2,1H3,(H,13,14). The molecule has 0 saturated carbocycles. The van der Waals surface area contributed by atoms with E-state index in [1.165, 1.54) is 0 Å². The van der Waals surface area contributed by atoms with Crippen LogP contribution in [0.3, 0.4) is 0 Å². The second-order valence-corrected chi connectivity index (χ2v) is 5.30. The summed E-state index contributed by atoms with van der Waals surface area (Å²) in [6.07, 6.45) is 0.290. The van der Waals surface area contributed by atoms with Gasteiger partial charge < -0.3 is 5.32 Å². The monoisotopic (exact) mass is 297 g/mol. The zero-order chi connectivity index (χ0) is 11.4. The van der Waals surface area contributed by atoms with E-state index >= 15 is 0 Å². The molecule has 0 heterocycles. The van der Waals surface area contributed by atoms with Crippen molar-refractivity contribution in [3.05, 3.63) is 9.52 Å². The Bertz CT molecular complexity index is 246. The smallest absolute Gasteiger partial charge is 0.256 e. The predicted molar refractivity (Wildman–Crippen MR) is 62.3 cm³/mol. The summed E-state index contributed by atoms with van der Waals surface area (Å²) in [5.41, 5.74) is 0. The van der Waals surface area contributed by atoms with Gasteiger partial charge in [-0.2, -0.15) is 0 Å². The van der Waals surface area contributed by atoms with Crippen molar-refractivity contribution in [2.24, 2.45) is 0 Å². The molecule has 0 atom stereocenters. The van der Waals surface area contributed by atoms with Crippen molar-refractivity contribution >= 4 is 63.9 Å². The van der Waals surface area contributed by atoms with Gasteiger partial charge in [0.25, 0.3) is 5.91 Å². The Balaban J connectivity index is 4.18. The molecule has 0 radical (unpaired) electrons. The van der Waals surface area contributed by atoms with Crippen LogP contribution in [0.1, 0.15) is 13.3 Å². The highest BCUT2D eigenvalue weighted by atomic mass is 35.5. The number of rotatable bonds is 4. The lowest BCUT2D eigenvalue weighted by Gasteiger charge is -2.16. The van der Waals surface area contributed by atoms with Gasteiger partial charge in [-0.25, -0.2) is 0 Å². The Morgan fingerprint density at radius 2 is 1.79 bits per heavy atom. The highest BCUT2D eigenvalue weighted by molar-refractivity contribution is 6.59. The highest BCUT2D eigenvalue weighted by Gasteiger charge is 2.31. The zero-order valence-electron chi connectivity index (χ0n) is 7.21. The third-order valence-electron chi connectivity index (χ3n) is 1.39. The number of amides is 1. The fourth-order valence-corrected chi connectivity index (χ4v) is 0.849. The lowest BCUT2D eigenvalue weighted by atomic mass is 10.3. The van der Waals surface area contributed by atoms with Gasteiger partial charge in [0.1, 0.15) is 4.49 Å². The first-order valence-corrected chi connectivity index (χ1v) is 5.56. The minimum absolute atomic E-state index is 0.00388. The van der Waals surface area contributed by atoms with Crippen LogP contribution in [0.25, 0.3) is 0 Å². The van der Waals surface area contributed by atoms with E-state index < -0.39 is 10.2 Å². The lowest BCUT2D eigenvalue weighted by molar-refractivity contribution is -0.121. The molecule has 0 aliphatic carbocycles. The van der Waals surface area contributed by atoms with E-state index in [1.54, 1.807) is 6.92 Å². The number of hydrogen-bond donors (Lipinski definition) is 1. The topological polar surface area (TPSA) is 29.1 Å². The molecule has 0 aliphatic rings. The van der Waals surface area contributed by atoms with Gasteiger partial charge in [0.05, 0.1) is 11.6 Å². The first-order chi connectivity index (χ1) is 6.31. The summed E-state index contributed by atoms with van der Waals surface area (Å²) in [6, 6.07) is 0. The molecule has 1 amide bonds. The molecular weight excluding hydrogens is 291 g/mol. The predicted octanol–water partition coefficient (Wildman–Crippen LogP) is 3.57. The van der Waals surface area contributed by atoms with Crippen LogP contribution in [0, 0.1) is 0 Å². The molecule has 0 aromatic rings. The average molecular weight is 299 g/mol. The van der Waals surface area contributed by atoms with E-state index in [0.29, 0.717) is 0 Å². The average Bonchev–Trinajstić information content (AvgIpc) is 2.13. The normalized spacial score (nSPS) is 11.0. The number of hydrogen-bond acceptors (Lipinski definition) is 1. The number of carbonyl (C=O) groups excluding carboxylic acids is 1. The Labute approximate surface area is 107 Å². The molecule has 1 N–H and O–H groups in total. The third kappa shape index (κ3) is 4.94. The SMILES string of the molecule is CCC(Cl)(Cl)C(=O)NCC(Cl)=C(Cl)Cl. The van der Waals surface area contributed by atoms with Crippen molar-refractivity contribution in [3.63, 3.8) is 0 Å². The largest absolute Gasteiger partial charge is 0.348 e. The number of carbonyl (C=O) groups is 1. The second-order valence-electron chi connectivity index (χ2n) is 2.41. The van der Waals surface area contributed by atoms with Gasteiger partial charge in [-0.05, 0) is 6.42 Å². The van der Waals surface area contributed by atoms with E-state index in [0.717, 1.165) is 0 Å². The van der Waals surface area contributed by atoms with Crippen molar-refractivity contribution in [1.29, 1.82) is 0 Å². The number of nitrogens with one attached hydrogen (secondary N) is 1. The lowest BCUT2D eigenvalue weighted by Crippen LogP contribution is -2.38. The molecule has 0 fully saturated rings. The highest BCUT2D eigenvalue weighted by Crippen LogP contribution is 2.25. The second kappa shape index (κ2) is 6.29. The Morgan fingerprint density at radius 3 is 2.14 bits per heavy atom. The summed E-state index contributed by atoms with van der Waals surface area (Å²) in [5, 5.41) is 2.52. The van der Waals surface area contributed by atoms with Gasteiger partial charge >= 0.3 is 0 Å². The fourth-order valence-electron chi connectivity index (χ4n) is 0.515. The van der Waals surface area contributed by atoms with Gasteiger partial charge in [-0.3, -0.25) is 4.79 Å². The number of halogens is 5. The van der Waals surface area contributed by atoms with Gasteiger partial charge in [0.2, 0.25) is 0 Å². The minimum atomic E-state index is -1.45. The minimum Gasteiger partial charge on any atom is -0.348 e. The molecule has 0 rings (SSSR count). The molecule has 2 nitrogen and oxygen atoms in total. The Morgan fingerprint density at radius 1 is 1.29 bits per heavy atom. The van der Waals surface area contributed by atoms with Crippen LogP contribution in [0.2, 0.25) is 0 Å². The van der Waals surface area contributed by atoms with Crippen LogP contribution in [0.4, 0.5) is 0 Å². The molecule has 0 aliphatic heterocycles. The van der Waals surface area contributed by atoms with Crippen molar-refractivity contribution in [2.45, 2.75) is 17.7 Å². The van der Waals surface area contributed by atoms with Crippen LogP contribution >= 0.6 is 58.0 Å². The van der Waals surface area contributed by atoms with Crippen molar-refractivity contribution < 1.29 is 4.79 Å². The summed E-state index contributed by atoms with van der Waals surface area (Å²) in [7, 11) is 0. The van der Waals surface area contributed by atoms with Gasteiger partial charge in [-0.1, -0.05) is 64.9 Å². The molecular formula is C7H8Cl5NO. The van der Waals surface area contributed by atoms with Crippen LogP contribution in [-0.4, -0.2) is 16.8 Å². The van der Waals surface area contributed by atoms with Gasteiger partial charge in [0.15, 0.2) is 4.33 Å². The van der Waals surface area contributed by atoms with E-state index in [9.17, 15) is 4.79 Å². The van der Waals surface area contributed by atoms with Gasteiger partial charge in [0, 0.05) is 0 Å². The fraction of sp³-hybridized carbons (Fsp3) is 0.571. The Kier molecular flexibility index (Phi) is 6.58. The van der Waals surface area contributed by atoms with Crippen LogP contribution in [0.15, 0.2) is 9.52 Å². The molecule has 7 heteroatoms. The third-order valence-corrected chi connectivity index (χ3v) is 3.24. The van der Waals surface area contributed by atoms with E-state index in [4.69, 9.17) is 58.0 Å². The molecule has 0 saturated heterocycles. The van der Waals surface area contributed by atoms with Crippen molar-refractivity contribution in [2.75, 3.05) is 6.54 Å². The first kappa shape index (κ1) is 14.7. The summed E-state index contributed by atoms with van der Waals surface area (Å²) in [4.78, 5) is 11.3. The molecule has 0 aromatic heterocycles. The quantitative estimate of drug-likeness (QED) is 0.790. The van der Waals surface area contributed by atoms with E-state index in [1.807, 2.05) is 0 Å². The summed E-state index contributed by atoms with van der Waals surface area (Å²) < 4.78 is -1.55.